The van der Waals surface area contributed by atoms with Gasteiger partial charge in [-0.2, -0.15) is 23.4 Å². The van der Waals surface area contributed by atoms with Crippen LogP contribution in [0.3, 0.4) is 0 Å². The molecule has 0 aliphatic carbocycles. The van der Waals surface area contributed by atoms with E-state index in [1.54, 1.807) is 35.1 Å². The number of rotatable bonds is 5. The van der Waals surface area contributed by atoms with Crippen LogP contribution < -0.4 is 5.32 Å². The minimum atomic E-state index is -4.73. The highest BCUT2D eigenvalue weighted by Crippen LogP contribution is 2.32. The Morgan fingerprint density at radius 2 is 1.78 bits per heavy atom. The fourth-order valence-corrected chi connectivity index (χ4v) is 3.93. The Hall–Kier alpha value is -3.70. The van der Waals surface area contributed by atoms with E-state index in [1.807, 2.05) is 24.3 Å². The number of nitrogens with one attached hydrogen (secondary N) is 1. The summed E-state index contributed by atoms with van der Waals surface area (Å²) in [5.41, 5.74) is 0.499. The first-order valence-corrected chi connectivity index (χ1v) is 11.6. The minimum absolute atomic E-state index is 0.0765. The summed E-state index contributed by atoms with van der Waals surface area (Å²) in [6.45, 7) is 0.476. The van der Waals surface area contributed by atoms with E-state index >= 15 is 0 Å². The van der Waals surface area contributed by atoms with Crippen molar-refractivity contribution in [2.45, 2.75) is 12.7 Å². The largest absolute Gasteiger partial charge is 0.433 e. The van der Waals surface area contributed by atoms with Crippen LogP contribution in [0.4, 0.5) is 18.9 Å². The summed E-state index contributed by atoms with van der Waals surface area (Å²) >= 11 is 9.26. The molecular weight excluding hydrogens is 561 g/mol. The Kier molecular flexibility index (Phi) is 6.27. The molecule has 7 nitrogen and oxygen atoms in total. The molecule has 0 fully saturated rings. The molecule has 2 aromatic carbocycles. The molecule has 5 aromatic rings. The summed E-state index contributed by atoms with van der Waals surface area (Å²) in [4.78, 5) is 17.1. The molecular formula is C24H15BrClF3N6O. The van der Waals surface area contributed by atoms with Crippen LogP contribution in [0.25, 0.3) is 16.9 Å². The highest BCUT2D eigenvalue weighted by molar-refractivity contribution is 9.10. The lowest BCUT2D eigenvalue weighted by Gasteiger charge is -2.11. The predicted molar refractivity (Wildman–Crippen MR) is 132 cm³/mol. The summed E-state index contributed by atoms with van der Waals surface area (Å²) in [5.74, 6) is -0.690. The van der Waals surface area contributed by atoms with Crippen molar-refractivity contribution in [3.8, 4) is 11.3 Å². The second-order valence-electron chi connectivity index (χ2n) is 7.84. The van der Waals surface area contributed by atoms with Crippen molar-refractivity contribution < 1.29 is 18.0 Å². The first-order chi connectivity index (χ1) is 17.2. The Bertz CT molecular complexity index is 1560. The summed E-state index contributed by atoms with van der Waals surface area (Å²) < 4.78 is 44.6. The molecule has 3 aromatic heterocycles. The normalized spacial score (nSPS) is 11.7. The molecule has 5 rings (SSSR count). The lowest BCUT2D eigenvalue weighted by atomic mass is 10.1. The second-order valence-corrected chi connectivity index (χ2v) is 9.19. The van der Waals surface area contributed by atoms with E-state index in [0.29, 0.717) is 27.3 Å². The van der Waals surface area contributed by atoms with Gasteiger partial charge in [-0.1, -0.05) is 51.8 Å². The molecule has 0 saturated carbocycles. The topological polar surface area (TPSA) is 77.1 Å². The highest BCUT2D eigenvalue weighted by Gasteiger charge is 2.35. The molecule has 12 heteroatoms. The van der Waals surface area contributed by atoms with Gasteiger partial charge in [0, 0.05) is 27.3 Å². The van der Waals surface area contributed by atoms with Crippen LogP contribution in [0.15, 0.2) is 77.5 Å². The van der Waals surface area contributed by atoms with Gasteiger partial charge in [-0.05, 0) is 35.9 Å². The van der Waals surface area contributed by atoms with E-state index in [0.717, 1.165) is 16.1 Å². The Balaban J connectivity index is 1.42. The number of nitrogens with zero attached hydrogens (tertiary/aromatic N) is 5. The van der Waals surface area contributed by atoms with Crippen LogP contribution >= 0.6 is 27.5 Å². The molecule has 0 saturated heterocycles. The highest BCUT2D eigenvalue weighted by atomic mass is 79.9. The van der Waals surface area contributed by atoms with Crippen LogP contribution in [-0.4, -0.2) is 30.3 Å². The van der Waals surface area contributed by atoms with E-state index in [9.17, 15) is 18.0 Å². The van der Waals surface area contributed by atoms with Crippen LogP contribution in [0.1, 0.15) is 21.7 Å². The number of alkyl halides is 3. The fraction of sp³-hybridized carbons (Fsp3) is 0.0833. The van der Waals surface area contributed by atoms with Crippen molar-refractivity contribution in [1.82, 2.24) is 24.4 Å². The third-order valence-corrected chi connectivity index (χ3v) is 6.02. The molecule has 1 N–H and O–H groups in total. The maximum absolute atomic E-state index is 13.8. The number of fused-ring (bicyclic) bond motifs is 1. The number of hydrogen-bond donors (Lipinski definition) is 1. The zero-order chi connectivity index (χ0) is 25.4. The smallest absolute Gasteiger partial charge is 0.318 e. The number of amides is 1. The number of anilines is 1. The van der Waals surface area contributed by atoms with Gasteiger partial charge in [-0.25, -0.2) is 9.50 Å². The van der Waals surface area contributed by atoms with E-state index in [2.05, 4.69) is 36.4 Å². The van der Waals surface area contributed by atoms with Crippen molar-refractivity contribution in [1.29, 1.82) is 0 Å². The molecule has 0 radical (unpaired) electrons. The van der Waals surface area contributed by atoms with E-state index in [-0.39, 0.29) is 17.0 Å². The maximum Gasteiger partial charge on any atom is 0.433 e. The van der Waals surface area contributed by atoms with Crippen molar-refractivity contribution in [2.24, 2.45) is 0 Å². The average molecular weight is 576 g/mol. The second kappa shape index (κ2) is 9.40. The van der Waals surface area contributed by atoms with Crippen molar-refractivity contribution >= 4 is 44.8 Å². The first-order valence-electron chi connectivity index (χ1n) is 10.5. The van der Waals surface area contributed by atoms with Gasteiger partial charge in [-0.3, -0.25) is 9.48 Å². The van der Waals surface area contributed by atoms with Crippen molar-refractivity contribution in [3.05, 3.63) is 99.5 Å². The molecule has 0 aliphatic heterocycles. The molecule has 0 unspecified atom stereocenters. The summed E-state index contributed by atoms with van der Waals surface area (Å²) in [7, 11) is 0. The van der Waals surface area contributed by atoms with Crippen LogP contribution in [0, 0.1) is 0 Å². The Labute approximate surface area is 215 Å². The molecule has 36 heavy (non-hydrogen) atoms. The number of carbonyl (C=O) groups is 1. The van der Waals surface area contributed by atoms with Gasteiger partial charge in [-0.15, -0.1) is 0 Å². The first kappa shape index (κ1) is 24.0. The molecule has 0 atom stereocenters. The van der Waals surface area contributed by atoms with Crippen LogP contribution in [0.5, 0.6) is 0 Å². The average Bonchev–Trinajstić information content (AvgIpc) is 3.46. The molecule has 1 amide bonds. The van der Waals surface area contributed by atoms with Crippen LogP contribution in [-0.2, 0) is 12.7 Å². The fourth-order valence-electron chi connectivity index (χ4n) is 3.54. The predicted octanol–water partition coefficient (Wildman–Crippen LogP) is 6.33. The van der Waals surface area contributed by atoms with Gasteiger partial charge in [0.2, 0.25) is 0 Å². The third-order valence-electron chi connectivity index (χ3n) is 5.24. The van der Waals surface area contributed by atoms with Gasteiger partial charge in [0.1, 0.15) is 0 Å². The summed E-state index contributed by atoms with van der Waals surface area (Å²) in [6.07, 6.45) is -1.66. The molecule has 0 spiro atoms. The minimum Gasteiger partial charge on any atom is -0.318 e. The number of halogens is 5. The quantitative estimate of drug-likeness (QED) is 0.266. The van der Waals surface area contributed by atoms with Gasteiger partial charge in [0.15, 0.2) is 17.0 Å². The zero-order valence-electron chi connectivity index (χ0n) is 18.2. The molecule has 3 heterocycles. The third kappa shape index (κ3) is 5.12. The van der Waals surface area contributed by atoms with Gasteiger partial charge in [0.25, 0.3) is 5.91 Å². The van der Waals surface area contributed by atoms with E-state index in [4.69, 9.17) is 11.6 Å². The summed E-state index contributed by atoms with van der Waals surface area (Å²) in [5, 5.41) is 11.2. The number of aromatic nitrogens is 5. The van der Waals surface area contributed by atoms with E-state index < -0.39 is 17.8 Å². The van der Waals surface area contributed by atoms with Crippen LogP contribution in [0.2, 0.25) is 5.02 Å². The monoisotopic (exact) mass is 574 g/mol. The summed E-state index contributed by atoms with van der Waals surface area (Å²) in [6, 6.07) is 16.0. The lowest BCUT2D eigenvalue weighted by molar-refractivity contribution is -0.142. The molecule has 0 bridgehead atoms. The van der Waals surface area contributed by atoms with Crippen molar-refractivity contribution in [2.75, 3.05) is 5.32 Å². The zero-order valence-corrected chi connectivity index (χ0v) is 20.5. The molecule has 0 aliphatic rings. The van der Waals surface area contributed by atoms with E-state index in [1.165, 1.54) is 12.3 Å². The number of carbonyl (C=O) groups excluding carboxylic acids is 1. The lowest BCUT2D eigenvalue weighted by Crippen LogP contribution is -2.15. The Morgan fingerprint density at radius 3 is 2.47 bits per heavy atom. The number of benzene rings is 2. The maximum atomic E-state index is 13.8. The van der Waals surface area contributed by atoms with Gasteiger partial charge >= 0.3 is 6.18 Å². The van der Waals surface area contributed by atoms with Crippen molar-refractivity contribution in [3.63, 3.8) is 0 Å². The molecule has 182 valence electrons. The number of hydrogen-bond acceptors (Lipinski definition) is 4. The SMILES string of the molecule is O=C(Nc1cnn(Cc2ccc(Br)cc2)c1)c1cc2nc(-c3ccc(Cl)cc3)cc(C(F)(F)F)n2n1. The van der Waals surface area contributed by atoms with Gasteiger partial charge in [0.05, 0.1) is 24.1 Å². The van der Waals surface area contributed by atoms with Gasteiger partial charge < -0.3 is 5.32 Å². The Morgan fingerprint density at radius 1 is 1.06 bits per heavy atom. The standard InChI is InChI=1S/C24H15BrClF3N6O/c25-16-5-1-14(2-6-16)12-34-13-18(11-30-34)31-23(36)20-10-22-32-19(15-3-7-17(26)8-4-15)9-21(24(27,28)29)35(22)33-20/h1-11,13H,12H2,(H,31,36).